The summed E-state index contributed by atoms with van der Waals surface area (Å²) >= 11 is 0. The lowest BCUT2D eigenvalue weighted by molar-refractivity contribution is 0.0581. The fourth-order valence-electron chi connectivity index (χ4n) is 3.60. The summed E-state index contributed by atoms with van der Waals surface area (Å²) in [5.74, 6) is 0.484. The fourth-order valence-corrected chi connectivity index (χ4v) is 3.60. The van der Waals surface area contributed by atoms with Gasteiger partial charge in [0.15, 0.2) is 0 Å². The molecule has 0 bridgehead atoms. The number of ether oxygens (including phenoxy) is 1. The van der Waals surface area contributed by atoms with Crippen molar-refractivity contribution in [1.82, 2.24) is 15.0 Å². The van der Waals surface area contributed by atoms with Gasteiger partial charge in [-0.25, -0.2) is 9.78 Å². The van der Waals surface area contributed by atoms with Crippen LogP contribution in [0.5, 0.6) is 0 Å². The second-order valence-corrected chi connectivity index (χ2v) is 9.84. The topological polar surface area (TPSA) is 147 Å². The van der Waals surface area contributed by atoms with Gasteiger partial charge >= 0.3 is 6.09 Å². The first kappa shape index (κ1) is 29.3. The molecule has 3 aromatic rings. The second kappa shape index (κ2) is 14.1. The number of anilines is 4. The Labute approximate surface area is 229 Å². The van der Waals surface area contributed by atoms with Crippen molar-refractivity contribution in [2.75, 3.05) is 47.0 Å². The number of rotatable bonds is 12. The molecule has 0 aliphatic rings. The maximum Gasteiger partial charge on any atom is 0.414 e. The van der Waals surface area contributed by atoms with Gasteiger partial charge in [-0.15, -0.1) is 0 Å². The Kier molecular flexibility index (Phi) is 10.6. The molecule has 0 saturated heterocycles. The third kappa shape index (κ3) is 9.22. The van der Waals surface area contributed by atoms with Crippen molar-refractivity contribution < 1.29 is 14.3 Å². The van der Waals surface area contributed by atoms with Crippen LogP contribution in [-0.2, 0) is 11.2 Å². The number of nitrogens with two attached hydrogens (primary N) is 1. The zero-order valence-corrected chi connectivity index (χ0v) is 23.0. The van der Waals surface area contributed by atoms with E-state index in [1.54, 1.807) is 57.4 Å². The Bertz CT molecular complexity index is 1230. The van der Waals surface area contributed by atoms with E-state index in [1.165, 1.54) is 11.1 Å². The van der Waals surface area contributed by atoms with Gasteiger partial charge in [0.2, 0.25) is 5.95 Å². The largest absolute Gasteiger partial charge is 0.443 e. The summed E-state index contributed by atoms with van der Waals surface area (Å²) in [4.78, 5) is 40.4. The van der Waals surface area contributed by atoms with Crippen molar-refractivity contribution in [2.45, 2.75) is 46.1 Å². The molecular formula is C28H38N8O3. The smallest absolute Gasteiger partial charge is 0.414 e. The van der Waals surface area contributed by atoms with Gasteiger partial charge in [0.05, 0.1) is 0 Å². The number of benzene rings is 1. The van der Waals surface area contributed by atoms with Gasteiger partial charge in [-0.2, -0.15) is 4.98 Å². The molecule has 0 fully saturated rings. The molecule has 11 heteroatoms. The lowest BCUT2D eigenvalue weighted by atomic mass is 10.2. The van der Waals surface area contributed by atoms with Crippen molar-refractivity contribution in [3.05, 3.63) is 66.1 Å². The van der Waals surface area contributed by atoms with Gasteiger partial charge < -0.3 is 26.4 Å². The van der Waals surface area contributed by atoms with E-state index < -0.39 is 11.7 Å². The minimum atomic E-state index is -0.655. The lowest BCUT2D eigenvalue weighted by Crippen LogP contribution is -2.39. The van der Waals surface area contributed by atoms with Gasteiger partial charge in [-0.1, -0.05) is 13.0 Å². The molecule has 11 nitrogen and oxygen atoms in total. The summed E-state index contributed by atoms with van der Waals surface area (Å²) in [6.07, 6.45) is 6.15. The number of amides is 2. The van der Waals surface area contributed by atoms with Crippen LogP contribution in [0.3, 0.4) is 0 Å². The molecule has 2 aromatic heterocycles. The highest BCUT2D eigenvalue weighted by molar-refractivity contribution is 6.07. The van der Waals surface area contributed by atoms with Crippen molar-refractivity contribution in [1.29, 1.82) is 0 Å². The maximum absolute atomic E-state index is 13.3. The van der Waals surface area contributed by atoms with Crippen LogP contribution in [0, 0.1) is 0 Å². The Morgan fingerprint density at radius 3 is 2.54 bits per heavy atom. The van der Waals surface area contributed by atoms with Crippen LogP contribution >= 0.6 is 0 Å². The number of pyridine rings is 1. The SMILES string of the molecule is CCCNc1nc(NCCc2ccncc2)ncc1C(=O)Nc1cccc(N(CCN)C(=O)OC(C)(C)C)c1. The van der Waals surface area contributed by atoms with E-state index in [-0.39, 0.29) is 19.0 Å². The predicted octanol–water partition coefficient (Wildman–Crippen LogP) is 4.30. The Hall–Kier alpha value is -4.25. The lowest BCUT2D eigenvalue weighted by Gasteiger charge is -2.27. The molecular weight excluding hydrogens is 496 g/mol. The predicted molar refractivity (Wildman–Crippen MR) is 154 cm³/mol. The average Bonchev–Trinajstić information content (AvgIpc) is 2.90. The number of carbonyl (C=O) groups excluding carboxylic acids is 2. The zero-order valence-electron chi connectivity index (χ0n) is 23.0. The van der Waals surface area contributed by atoms with E-state index >= 15 is 0 Å². The maximum atomic E-state index is 13.3. The van der Waals surface area contributed by atoms with Crippen LogP contribution in [0.4, 0.5) is 27.9 Å². The normalized spacial score (nSPS) is 11.0. The van der Waals surface area contributed by atoms with Crippen molar-refractivity contribution >= 4 is 35.1 Å². The van der Waals surface area contributed by atoms with Crippen LogP contribution in [0.1, 0.15) is 50.0 Å². The van der Waals surface area contributed by atoms with Gasteiger partial charge in [0.25, 0.3) is 5.91 Å². The van der Waals surface area contributed by atoms with Crippen LogP contribution in [0.25, 0.3) is 0 Å². The molecule has 0 atom stereocenters. The summed E-state index contributed by atoms with van der Waals surface area (Å²) in [6, 6.07) is 10.9. The summed E-state index contributed by atoms with van der Waals surface area (Å²) in [7, 11) is 0. The minimum Gasteiger partial charge on any atom is -0.443 e. The third-order valence-corrected chi connectivity index (χ3v) is 5.40. The summed E-state index contributed by atoms with van der Waals surface area (Å²) < 4.78 is 5.53. The molecule has 0 unspecified atom stereocenters. The second-order valence-electron chi connectivity index (χ2n) is 9.84. The molecule has 39 heavy (non-hydrogen) atoms. The van der Waals surface area contributed by atoms with Gasteiger partial charge in [0.1, 0.15) is 17.0 Å². The molecule has 0 aliphatic heterocycles. The Morgan fingerprint density at radius 2 is 1.85 bits per heavy atom. The van der Waals surface area contributed by atoms with Crippen molar-refractivity contribution in [2.24, 2.45) is 5.73 Å². The number of nitrogens with one attached hydrogen (secondary N) is 3. The molecule has 208 valence electrons. The molecule has 2 heterocycles. The highest BCUT2D eigenvalue weighted by Gasteiger charge is 2.23. The Balaban J connectivity index is 1.74. The van der Waals surface area contributed by atoms with Gasteiger partial charge in [-0.3, -0.25) is 14.7 Å². The standard InChI is InChI=1S/C28H38N8O3/c1-5-13-31-24-23(19-33-26(35-24)32-16-11-20-9-14-30-15-10-20)25(37)34-21-7-6-8-22(18-21)36(17-12-29)27(38)39-28(2,3)4/h6-10,14-15,18-19H,5,11-13,16-17,29H2,1-4H3,(H,34,37)(H2,31,32,33,35). The quantitative estimate of drug-likeness (QED) is 0.267. The molecule has 0 radical (unpaired) electrons. The van der Waals surface area contributed by atoms with E-state index in [9.17, 15) is 9.59 Å². The highest BCUT2D eigenvalue weighted by atomic mass is 16.6. The zero-order chi connectivity index (χ0) is 28.3. The van der Waals surface area contributed by atoms with Gasteiger partial charge in [-0.05, 0) is 69.5 Å². The van der Waals surface area contributed by atoms with E-state index in [4.69, 9.17) is 10.5 Å². The highest BCUT2D eigenvalue weighted by Crippen LogP contribution is 2.23. The van der Waals surface area contributed by atoms with E-state index in [1.807, 2.05) is 19.1 Å². The van der Waals surface area contributed by atoms with E-state index in [0.29, 0.717) is 41.8 Å². The van der Waals surface area contributed by atoms with Crippen molar-refractivity contribution in [3.8, 4) is 0 Å². The first-order chi connectivity index (χ1) is 18.7. The monoisotopic (exact) mass is 534 g/mol. The molecule has 0 aliphatic carbocycles. The van der Waals surface area contributed by atoms with Gasteiger partial charge in [0, 0.05) is 56.1 Å². The molecule has 0 spiro atoms. The van der Waals surface area contributed by atoms with Crippen LogP contribution in [0.15, 0.2) is 55.0 Å². The fraction of sp³-hybridized carbons (Fsp3) is 0.393. The molecule has 1 aromatic carbocycles. The Morgan fingerprint density at radius 1 is 1.08 bits per heavy atom. The third-order valence-electron chi connectivity index (χ3n) is 5.40. The van der Waals surface area contributed by atoms with E-state index in [2.05, 4.69) is 30.9 Å². The average molecular weight is 535 g/mol. The van der Waals surface area contributed by atoms with Crippen LogP contribution in [0.2, 0.25) is 0 Å². The van der Waals surface area contributed by atoms with E-state index in [0.717, 1.165) is 18.4 Å². The van der Waals surface area contributed by atoms with Crippen molar-refractivity contribution in [3.63, 3.8) is 0 Å². The summed E-state index contributed by atoms with van der Waals surface area (Å²) in [5, 5.41) is 9.32. The number of aromatic nitrogens is 3. The summed E-state index contributed by atoms with van der Waals surface area (Å²) in [6.45, 7) is 9.23. The number of hydrogen-bond donors (Lipinski definition) is 4. The molecule has 0 saturated carbocycles. The summed E-state index contributed by atoms with van der Waals surface area (Å²) in [5.41, 5.74) is 7.60. The minimum absolute atomic E-state index is 0.253. The van der Waals surface area contributed by atoms with Crippen LogP contribution < -0.4 is 26.6 Å². The first-order valence-corrected chi connectivity index (χ1v) is 13.1. The number of carbonyl (C=O) groups is 2. The first-order valence-electron chi connectivity index (χ1n) is 13.1. The number of nitrogens with zero attached hydrogens (tertiary/aromatic N) is 4. The molecule has 3 rings (SSSR count). The number of hydrogen-bond acceptors (Lipinski definition) is 9. The molecule has 2 amide bonds. The van der Waals surface area contributed by atoms with Crippen LogP contribution in [-0.4, -0.2) is 58.7 Å². The molecule has 5 N–H and O–H groups in total.